The Bertz CT molecular complexity index is 421. The van der Waals surface area contributed by atoms with E-state index in [9.17, 15) is 18.3 Å². The van der Waals surface area contributed by atoms with Gasteiger partial charge in [-0.3, -0.25) is 0 Å². The number of nitrogens with one attached hydrogen (secondary N) is 1. The van der Waals surface area contributed by atoms with Gasteiger partial charge in [0.05, 0.1) is 17.2 Å². The first-order chi connectivity index (χ1) is 8.01. The van der Waals surface area contributed by atoms with E-state index in [1.807, 2.05) is 0 Å². The van der Waals surface area contributed by atoms with E-state index < -0.39 is 17.3 Å². The predicted molar refractivity (Wildman–Crippen MR) is 65.6 cm³/mol. The van der Waals surface area contributed by atoms with E-state index in [0.29, 0.717) is 11.3 Å². The normalized spacial score (nSPS) is 14.4. The Balaban J connectivity index is 3.03. The fourth-order valence-electron chi connectivity index (χ4n) is 1.36. The van der Waals surface area contributed by atoms with Crippen LogP contribution >= 0.6 is 0 Å². The van der Waals surface area contributed by atoms with E-state index in [-0.39, 0.29) is 6.04 Å². The smallest absolute Gasteiger partial charge is 0.388 e. The van der Waals surface area contributed by atoms with E-state index in [2.05, 4.69) is 5.32 Å². The van der Waals surface area contributed by atoms with Crippen molar-refractivity contribution in [1.29, 1.82) is 0 Å². The molecule has 0 fully saturated rings. The summed E-state index contributed by atoms with van der Waals surface area (Å²) in [6.45, 7) is 6.65. The second-order valence-corrected chi connectivity index (χ2v) is 5.05. The molecule has 0 aliphatic heterocycles. The second-order valence-electron chi connectivity index (χ2n) is 5.05. The number of aryl methyl sites for hydroxylation is 1. The molecule has 1 aromatic rings. The average Bonchev–Trinajstić information content (AvgIpc) is 2.18. The van der Waals surface area contributed by atoms with Crippen LogP contribution in [0.3, 0.4) is 0 Å². The minimum absolute atomic E-state index is 0.361. The molecular formula is C13H18F3NO. The number of hydrogen-bond acceptors (Lipinski definition) is 2. The molecule has 5 heteroatoms. The molecule has 0 aromatic heterocycles. The van der Waals surface area contributed by atoms with Crippen LogP contribution < -0.4 is 5.32 Å². The molecule has 0 spiro atoms. The molecule has 0 heterocycles. The number of hydrogen-bond donors (Lipinski definition) is 2. The number of halogens is 3. The lowest BCUT2D eigenvalue weighted by atomic mass is 9.99. The monoisotopic (exact) mass is 261 g/mol. The van der Waals surface area contributed by atoms with Gasteiger partial charge in [0.25, 0.3) is 0 Å². The molecule has 2 N–H and O–H groups in total. The molecule has 0 aliphatic carbocycles. The van der Waals surface area contributed by atoms with Crippen molar-refractivity contribution >= 4 is 5.69 Å². The molecule has 1 aromatic carbocycles. The first-order valence-corrected chi connectivity index (χ1v) is 5.68. The van der Waals surface area contributed by atoms with Crippen LogP contribution in [0.5, 0.6) is 0 Å². The summed E-state index contributed by atoms with van der Waals surface area (Å²) >= 11 is 0. The van der Waals surface area contributed by atoms with E-state index in [0.717, 1.165) is 12.1 Å². The van der Waals surface area contributed by atoms with Crippen molar-refractivity contribution in [3.63, 3.8) is 0 Å². The summed E-state index contributed by atoms with van der Waals surface area (Å²) in [6.07, 6.45) is -4.36. The van der Waals surface area contributed by atoms with Crippen LogP contribution in [0.25, 0.3) is 0 Å². The molecule has 0 aliphatic rings. The second kappa shape index (κ2) is 4.80. The topological polar surface area (TPSA) is 32.3 Å². The largest absolute Gasteiger partial charge is 0.416 e. The fourth-order valence-corrected chi connectivity index (χ4v) is 1.36. The van der Waals surface area contributed by atoms with Gasteiger partial charge >= 0.3 is 6.18 Å². The Labute approximate surface area is 105 Å². The van der Waals surface area contributed by atoms with Gasteiger partial charge in [0.15, 0.2) is 0 Å². The van der Waals surface area contributed by atoms with Gasteiger partial charge in [-0.2, -0.15) is 13.2 Å². The van der Waals surface area contributed by atoms with Crippen LogP contribution in [0.15, 0.2) is 18.2 Å². The summed E-state index contributed by atoms with van der Waals surface area (Å²) < 4.78 is 37.8. The third-order valence-corrected chi connectivity index (χ3v) is 3.00. The van der Waals surface area contributed by atoms with Gasteiger partial charge in [-0.05, 0) is 45.4 Å². The predicted octanol–water partition coefficient (Wildman–Crippen LogP) is 3.59. The number of anilines is 1. The van der Waals surface area contributed by atoms with Crippen molar-refractivity contribution in [2.75, 3.05) is 5.32 Å². The molecule has 0 saturated carbocycles. The maximum Gasteiger partial charge on any atom is 0.416 e. The third-order valence-electron chi connectivity index (χ3n) is 3.00. The summed E-state index contributed by atoms with van der Waals surface area (Å²) in [6, 6.07) is 3.18. The zero-order valence-electron chi connectivity index (χ0n) is 10.9. The van der Waals surface area contributed by atoms with Crippen molar-refractivity contribution in [3.8, 4) is 0 Å². The van der Waals surface area contributed by atoms with Gasteiger partial charge in [-0.15, -0.1) is 0 Å². The molecule has 1 rings (SSSR count). The zero-order chi connectivity index (χ0) is 14.1. The Morgan fingerprint density at radius 2 is 1.78 bits per heavy atom. The molecule has 1 atom stereocenters. The molecule has 18 heavy (non-hydrogen) atoms. The van der Waals surface area contributed by atoms with Gasteiger partial charge in [0.2, 0.25) is 0 Å². The van der Waals surface area contributed by atoms with Crippen molar-refractivity contribution in [2.24, 2.45) is 0 Å². The highest BCUT2D eigenvalue weighted by atomic mass is 19.4. The summed E-state index contributed by atoms with van der Waals surface area (Å²) in [5.41, 5.74) is -0.613. The first-order valence-electron chi connectivity index (χ1n) is 5.68. The van der Waals surface area contributed by atoms with Crippen molar-refractivity contribution in [3.05, 3.63) is 29.3 Å². The standard InChI is InChI=1S/C13H18F3NO/c1-8-5-6-10(13(14,15)16)7-11(8)17-9(2)12(3,4)18/h5-7,9,17-18H,1-4H3. The van der Waals surface area contributed by atoms with Crippen molar-refractivity contribution in [2.45, 2.75) is 45.5 Å². The van der Waals surface area contributed by atoms with E-state index in [1.54, 1.807) is 27.7 Å². The lowest BCUT2D eigenvalue weighted by Gasteiger charge is -2.28. The Morgan fingerprint density at radius 3 is 2.22 bits per heavy atom. The van der Waals surface area contributed by atoms with Gasteiger partial charge in [0, 0.05) is 5.69 Å². The fraction of sp³-hybridized carbons (Fsp3) is 0.538. The number of aliphatic hydroxyl groups is 1. The van der Waals surface area contributed by atoms with Gasteiger partial charge in [-0.1, -0.05) is 6.07 Å². The highest BCUT2D eigenvalue weighted by Crippen LogP contribution is 2.32. The summed E-state index contributed by atoms with van der Waals surface area (Å²) in [5, 5.41) is 12.7. The zero-order valence-corrected chi connectivity index (χ0v) is 10.9. The van der Waals surface area contributed by atoms with Crippen LogP contribution in [0.1, 0.15) is 31.9 Å². The van der Waals surface area contributed by atoms with E-state index >= 15 is 0 Å². The van der Waals surface area contributed by atoms with Gasteiger partial charge in [-0.25, -0.2) is 0 Å². The van der Waals surface area contributed by atoms with Crippen molar-refractivity contribution < 1.29 is 18.3 Å². The molecule has 0 bridgehead atoms. The average molecular weight is 261 g/mol. The lowest BCUT2D eigenvalue weighted by molar-refractivity contribution is -0.137. The molecule has 0 radical (unpaired) electrons. The minimum atomic E-state index is -4.36. The van der Waals surface area contributed by atoms with Crippen LogP contribution in [0.4, 0.5) is 18.9 Å². The summed E-state index contributed by atoms with van der Waals surface area (Å²) in [4.78, 5) is 0. The molecule has 2 nitrogen and oxygen atoms in total. The SMILES string of the molecule is Cc1ccc(C(F)(F)F)cc1NC(C)C(C)(C)O. The minimum Gasteiger partial charge on any atom is -0.388 e. The maximum atomic E-state index is 12.6. The highest BCUT2D eigenvalue weighted by molar-refractivity contribution is 5.54. The molecule has 102 valence electrons. The Hall–Kier alpha value is -1.23. The number of benzene rings is 1. The Kier molecular flexibility index (Phi) is 3.96. The Morgan fingerprint density at radius 1 is 1.22 bits per heavy atom. The van der Waals surface area contributed by atoms with Crippen LogP contribution in [0.2, 0.25) is 0 Å². The van der Waals surface area contributed by atoms with Crippen LogP contribution in [-0.4, -0.2) is 16.7 Å². The molecule has 1 unspecified atom stereocenters. The summed E-state index contributed by atoms with van der Waals surface area (Å²) in [7, 11) is 0. The number of rotatable bonds is 3. The van der Waals surface area contributed by atoms with E-state index in [1.165, 1.54) is 6.07 Å². The maximum absolute atomic E-state index is 12.6. The molecule has 0 saturated heterocycles. The molecular weight excluding hydrogens is 243 g/mol. The van der Waals surface area contributed by atoms with Gasteiger partial charge in [0.1, 0.15) is 0 Å². The quantitative estimate of drug-likeness (QED) is 0.871. The molecule has 0 amide bonds. The van der Waals surface area contributed by atoms with Crippen LogP contribution in [0, 0.1) is 6.92 Å². The third kappa shape index (κ3) is 3.63. The van der Waals surface area contributed by atoms with E-state index in [4.69, 9.17) is 0 Å². The highest BCUT2D eigenvalue weighted by Gasteiger charge is 2.31. The number of alkyl halides is 3. The summed E-state index contributed by atoms with van der Waals surface area (Å²) in [5.74, 6) is 0. The first kappa shape index (κ1) is 14.8. The van der Waals surface area contributed by atoms with Gasteiger partial charge < -0.3 is 10.4 Å². The van der Waals surface area contributed by atoms with Crippen molar-refractivity contribution in [1.82, 2.24) is 0 Å². The lowest BCUT2D eigenvalue weighted by Crippen LogP contribution is -2.39. The van der Waals surface area contributed by atoms with Crippen LogP contribution in [-0.2, 0) is 6.18 Å².